The Bertz CT molecular complexity index is 115. The lowest BCUT2D eigenvalue weighted by Gasteiger charge is -2.14. The van der Waals surface area contributed by atoms with Crippen LogP contribution < -0.4 is 0 Å². The topological polar surface area (TPSA) is 9.23 Å². The fraction of sp³-hybridized carbons (Fsp3) is 1.00. The molecule has 2 heteroatoms. The van der Waals surface area contributed by atoms with Crippen LogP contribution >= 0.6 is 15.9 Å². The van der Waals surface area contributed by atoms with Gasteiger partial charge in [-0.05, 0) is 24.7 Å². The van der Waals surface area contributed by atoms with Crippen LogP contribution in [0.5, 0.6) is 0 Å². The quantitative estimate of drug-likeness (QED) is 0.653. The van der Waals surface area contributed by atoms with Crippen LogP contribution in [0.15, 0.2) is 0 Å². The number of ether oxygens (including phenoxy) is 1. The Morgan fingerprint density at radius 2 is 2.08 bits per heavy atom. The highest BCUT2D eigenvalue weighted by atomic mass is 79.9. The van der Waals surface area contributed by atoms with Crippen molar-refractivity contribution in [2.24, 2.45) is 11.8 Å². The van der Waals surface area contributed by atoms with Crippen molar-refractivity contribution in [2.45, 2.75) is 39.0 Å². The van der Waals surface area contributed by atoms with Crippen LogP contribution in [-0.2, 0) is 4.74 Å². The van der Waals surface area contributed by atoms with Gasteiger partial charge in [0.1, 0.15) is 0 Å². The molecule has 1 saturated carbocycles. The summed E-state index contributed by atoms with van der Waals surface area (Å²) in [4.78, 5) is 0. The third kappa shape index (κ3) is 4.46. The van der Waals surface area contributed by atoms with Gasteiger partial charge >= 0.3 is 0 Å². The molecule has 1 nitrogen and oxygen atoms in total. The molecule has 0 saturated heterocycles. The zero-order chi connectivity index (χ0) is 9.52. The number of alkyl halides is 1. The van der Waals surface area contributed by atoms with Crippen LogP contribution in [0.4, 0.5) is 0 Å². The van der Waals surface area contributed by atoms with E-state index in [0.29, 0.717) is 5.92 Å². The predicted molar refractivity (Wildman–Crippen MR) is 60.4 cm³/mol. The molecule has 0 aromatic rings. The molecule has 0 N–H and O–H groups in total. The van der Waals surface area contributed by atoms with E-state index in [9.17, 15) is 0 Å². The Morgan fingerprint density at radius 1 is 1.38 bits per heavy atom. The molecular formula is C11H21BrO. The van der Waals surface area contributed by atoms with Gasteiger partial charge in [0.25, 0.3) is 0 Å². The molecule has 0 radical (unpaired) electrons. The zero-order valence-corrected chi connectivity index (χ0v) is 10.2. The molecular weight excluding hydrogens is 228 g/mol. The van der Waals surface area contributed by atoms with E-state index < -0.39 is 0 Å². The van der Waals surface area contributed by atoms with Crippen molar-refractivity contribution in [2.75, 3.05) is 18.5 Å². The minimum Gasteiger partial charge on any atom is -0.381 e. The van der Waals surface area contributed by atoms with Gasteiger partial charge in [-0.2, -0.15) is 0 Å². The van der Waals surface area contributed by atoms with E-state index in [-0.39, 0.29) is 0 Å². The van der Waals surface area contributed by atoms with Crippen LogP contribution in [0.2, 0.25) is 0 Å². The van der Waals surface area contributed by atoms with E-state index >= 15 is 0 Å². The minimum absolute atomic E-state index is 0.710. The summed E-state index contributed by atoms with van der Waals surface area (Å²) in [5.74, 6) is 1.58. The van der Waals surface area contributed by atoms with Crippen LogP contribution in [0.1, 0.15) is 39.0 Å². The molecule has 1 rings (SSSR count). The highest BCUT2D eigenvalue weighted by molar-refractivity contribution is 9.09. The van der Waals surface area contributed by atoms with Crippen LogP contribution in [0, 0.1) is 11.8 Å². The van der Waals surface area contributed by atoms with Gasteiger partial charge in [-0.3, -0.25) is 0 Å². The predicted octanol–water partition coefficient (Wildman–Crippen LogP) is 3.61. The Balaban J connectivity index is 1.98. The summed E-state index contributed by atoms with van der Waals surface area (Å²) in [5.41, 5.74) is 0. The van der Waals surface area contributed by atoms with E-state index in [0.717, 1.165) is 24.5 Å². The SMILES string of the molecule is CCC(CBr)COCC1CCCC1. The molecule has 1 aliphatic carbocycles. The summed E-state index contributed by atoms with van der Waals surface area (Å²) < 4.78 is 5.73. The van der Waals surface area contributed by atoms with E-state index in [1.807, 2.05) is 0 Å². The highest BCUT2D eigenvalue weighted by Gasteiger charge is 2.15. The van der Waals surface area contributed by atoms with E-state index in [2.05, 4.69) is 22.9 Å². The number of hydrogen-bond acceptors (Lipinski definition) is 1. The molecule has 0 amide bonds. The molecule has 1 aliphatic rings. The van der Waals surface area contributed by atoms with Crippen LogP contribution in [0.3, 0.4) is 0 Å². The molecule has 1 unspecified atom stereocenters. The third-order valence-electron chi connectivity index (χ3n) is 2.98. The smallest absolute Gasteiger partial charge is 0.0502 e. The Hall–Kier alpha value is 0.440. The Morgan fingerprint density at radius 3 is 2.62 bits per heavy atom. The maximum absolute atomic E-state index is 5.73. The summed E-state index contributed by atoms with van der Waals surface area (Å²) in [5, 5.41) is 1.08. The largest absolute Gasteiger partial charge is 0.381 e. The maximum Gasteiger partial charge on any atom is 0.0502 e. The van der Waals surface area contributed by atoms with E-state index in [1.54, 1.807) is 0 Å². The average molecular weight is 249 g/mol. The first-order valence-corrected chi connectivity index (χ1v) is 6.62. The first-order valence-electron chi connectivity index (χ1n) is 5.50. The zero-order valence-electron chi connectivity index (χ0n) is 8.60. The van der Waals surface area contributed by atoms with Crippen molar-refractivity contribution < 1.29 is 4.74 Å². The summed E-state index contributed by atoms with van der Waals surface area (Å²) >= 11 is 3.51. The second-order valence-electron chi connectivity index (χ2n) is 4.12. The average Bonchev–Trinajstić information content (AvgIpc) is 2.65. The van der Waals surface area contributed by atoms with Crippen molar-refractivity contribution in [1.29, 1.82) is 0 Å². The lowest BCUT2D eigenvalue weighted by atomic mass is 10.1. The second kappa shape index (κ2) is 6.83. The normalized spacial score (nSPS) is 20.8. The highest BCUT2D eigenvalue weighted by Crippen LogP contribution is 2.24. The second-order valence-corrected chi connectivity index (χ2v) is 4.76. The monoisotopic (exact) mass is 248 g/mol. The standard InChI is InChI=1S/C11H21BrO/c1-2-10(7-12)8-13-9-11-5-3-4-6-11/h10-11H,2-9H2,1H3. The van der Waals surface area contributed by atoms with Crippen LogP contribution in [0.25, 0.3) is 0 Å². The molecule has 1 atom stereocenters. The van der Waals surface area contributed by atoms with Crippen molar-refractivity contribution in [3.05, 3.63) is 0 Å². The van der Waals surface area contributed by atoms with Crippen LogP contribution in [-0.4, -0.2) is 18.5 Å². The third-order valence-corrected chi connectivity index (χ3v) is 3.89. The lowest BCUT2D eigenvalue weighted by Crippen LogP contribution is -2.14. The molecule has 0 aliphatic heterocycles. The van der Waals surface area contributed by atoms with Crippen molar-refractivity contribution >= 4 is 15.9 Å². The molecule has 0 spiro atoms. The summed E-state index contributed by atoms with van der Waals surface area (Å²) in [6.45, 7) is 4.17. The van der Waals surface area contributed by atoms with Gasteiger partial charge in [0, 0.05) is 11.9 Å². The molecule has 78 valence electrons. The molecule has 1 fully saturated rings. The molecule has 0 heterocycles. The van der Waals surface area contributed by atoms with Gasteiger partial charge in [-0.1, -0.05) is 42.1 Å². The van der Waals surface area contributed by atoms with Gasteiger partial charge in [0.15, 0.2) is 0 Å². The summed E-state index contributed by atoms with van der Waals surface area (Å²) in [6, 6.07) is 0. The van der Waals surface area contributed by atoms with Crippen molar-refractivity contribution in [3.8, 4) is 0 Å². The van der Waals surface area contributed by atoms with Gasteiger partial charge in [0.05, 0.1) is 6.61 Å². The number of rotatable bonds is 6. The fourth-order valence-corrected chi connectivity index (χ4v) is 2.49. The van der Waals surface area contributed by atoms with E-state index in [1.165, 1.54) is 32.1 Å². The number of halogens is 1. The van der Waals surface area contributed by atoms with Gasteiger partial charge in [-0.25, -0.2) is 0 Å². The summed E-state index contributed by atoms with van der Waals surface area (Å²) in [6.07, 6.45) is 6.85. The first kappa shape index (κ1) is 11.5. The molecule has 13 heavy (non-hydrogen) atoms. The minimum atomic E-state index is 0.710. The molecule has 0 bridgehead atoms. The van der Waals surface area contributed by atoms with Gasteiger partial charge in [0.2, 0.25) is 0 Å². The van der Waals surface area contributed by atoms with Gasteiger partial charge < -0.3 is 4.74 Å². The first-order chi connectivity index (χ1) is 6.36. The van der Waals surface area contributed by atoms with Gasteiger partial charge in [-0.15, -0.1) is 0 Å². The molecule has 0 aromatic carbocycles. The summed E-state index contributed by atoms with van der Waals surface area (Å²) in [7, 11) is 0. The van der Waals surface area contributed by atoms with E-state index in [4.69, 9.17) is 4.74 Å². The molecule has 0 aromatic heterocycles. The fourth-order valence-electron chi connectivity index (χ4n) is 1.85. The maximum atomic E-state index is 5.73. The Labute approximate surface area is 90.4 Å². The Kier molecular flexibility index (Phi) is 6.05. The van der Waals surface area contributed by atoms with Crippen molar-refractivity contribution in [1.82, 2.24) is 0 Å². The number of hydrogen-bond donors (Lipinski definition) is 0. The lowest BCUT2D eigenvalue weighted by molar-refractivity contribution is 0.0775. The van der Waals surface area contributed by atoms with Crippen molar-refractivity contribution in [3.63, 3.8) is 0 Å².